The number of halogens is 1. The fraction of sp³-hybridized carbons (Fsp3) is 0.316. The quantitative estimate of drug-likeness (QED) is 0.825. The van der Waals surface area contributed by atoms with Crippen LogP contribution in [0.5, 0.6) is 11.5 Å². The van der Waals surface area contributed by atoms with E-state index in [-0.39, 0.29) is 18.7 Å². The van der Waals surface area contributed by atoms with Gasteiger partial charge >= 0.3 is 0 Å². The van der Waals surface area contributed by atoms with Gasteiger partial charge in [0.15, 0.2) is 11.5 Å². The van der Waals surface area contributed by atoms with Crippen molar-refractivity contribution < 1.29 is 14.3 Å². The maximum atomic E-state index is 13.0. The molecular formula is C19H19ClN2O3. The summed E-state index contributed by atoms with van der Waals surface area (Å²) < 4.78 is 10.7. The van der Waals surface area contributed by atoms with Gasteiger partial charge in [-0.2, -0.15) is 0 Å². The average molecular weight is 359 g/mol. The molecule has 6 heteroatoms. The maximum absolute atomic E-state index is 13.0. The Balaban J connectivity index is 1.51. The number of hydrogen-bond acceptors (Lipinski definition) is 4. The standard InChI is InChI=1S/C19H19ClN2O3/c1-13-11-21(15-5-3-2-4-6-15)7-8-22(13)19(23)14-9-16(20)18-17(10-14)24-12-25-18/h2-6,9-10,13H,7-8,11-12H2,1H3/t13-/m0/s1. The molecule has 1 atom stereocenters. The lowest BCUT2D eigenvalue weighted by molar-refractivity contribution is 0.0673. The van der Waals surface area contributed by atoms with Gasteiger partial charge in [0.2, 0.25) is 6.79 Å². The molecule has 0 unspecified atom stereocenters. The van der Waals surface area contributed by atoms with Crippen LogP contribution in [-0.2, 0) is 0 Å². The summed E-state index contributed by atoms with van der Waals surface area (Å²) in [6, 6.07) is 13.8. The van der Waals surface area contributed by atoms with Crippen molar-refractivity contribution in [3.05, 3.63) is 53.1 Å². The molecule has 2 aliphatic rings. The van der Waals surface area contributed by atoms with Crippen LogP contribution in [0.1, 0.15) is 17.3 Å². The molecule has 1 amide bonds. The number of carbonyl (C=O) groups is 1. The number of piperazine rings is 1. The van der Waals surface area contributed by atoms with Crippen LogP contribution in [-0.4, -0.2) is 43.3 Å². The van der Waals surface area contributed by atoms with E-state index >= 15 is 0 Å². The van der Waals surface area contributed by atoms with E-state index in [4.69, 9.17) is 21.1 Å². The molecule has 4 rings (SSSR count). The van der Waals surface area contributed by atoms with Gasteiger partial charge in [-0.05, 0) is 31.2 Å². The first kappa shape index (κ1) is 16.1. The highest BCUT2D eigenvalue weighted by atomic mass is 35.5. The third-order valence-corrected chi connectivity index (χ3v) is 4.96. The van der Waals surface area contributed by atoms with E-state index in [0.717, 1.165) is 13.1 Å². The number of fused-ring (bicyclic) bond motifs is 1. The molecule has 5 nitrogen and oxygen atoms in total. The van der Waals surface area contributed by atoms with E-state index < -0.39 is 0 Å². The highest BCUT2D eigenvalue weighted by Gasteiger charge is 2.30. The second kappa shape index (κ2) is 6.48. The van der Waals surface area contributed by atoms with Crippen molar-refractivity contribution in [2.45, 2.75) is 13.0 Å². The van der Waals surface area contributed by atoms with Crippen LogP contribution in [0.15, 0.2) is 42.5 Å². The molecule has 0 saturated carbocycles. The van der Waals surface area contributed by atoms with Crippen molar-refractivity contribution in [3.63, 3.8) is 0 Å². The molecule has 130 valence electrons. The molecule has 1 saturated heterocycles. The van der Waals surface area contributed by atoms with Gasteiger partial charge in [-0.15, -0.1) is 0 Å². The summed E-state index contributed by atoms with van der Waals surface area (Å²) in [6.45, 7) is 4.48. The summed E-state index contributed by atoms with van der Waals surface area (Å²) in [7, 11) is 0. The van der Waals surface area contributed by atoms with Crippen LogP contribution in [0.3, 0.4) is 0 Å². The van der Waals surface area contributed by atoms with Gasteiger partial charge in [-0.1, -0.05) is 29.8 Å². The zero-order valence-corrected chi connectivity index (χ0v) is 14.7. The Bertz CT molecular complexity index is 797. The molecule has 0 N–H and O–H groups in total. The molecule has 0 bridgehead atoms. The highest BCUT2D eigenvalue weighted by molar-refractivity contribution is 6.32. The summed E-state index contributed by atoms with van der Waals surface area (Å²) >= 11 is 6.21. The van der Waals surface area contributed by atoms with Crippen molar-refractivity contribution in [2.24, 2.45) is 0 Å². The second-order valence-electron chi connectivity index (χ2n) is 6.32. The van der Waals surface area contributed by atoms with Crippen LogP contribution >= 0.6 is 11.6 Å². The molecule has 2 aromatic rings. The third-order valence-electron chi connectivity index (χ3n) is 4.68. The predicted octanol–water partition coefficient (Wildman–Crippen LogP) is 3.42. The number of amides is 1. The summed E-state index contributed by atoms with van der Waals surface area (Å²) in [5.41, 5.74) is 1.72. The van der Waals surface area contributed by atoms with Gasteiger partial charge in [0.25, 0.3) is 5.91 Å². The molecule has 0 radical (unpaired) electrons. The van der Waals surface area contributed by atoms with Gasteiger partial charge < -0.3 is 19.3 Å². The van der Waals surface area contributed by atoms with Crippen LogP contribution < -0.4 is 14.4 Å². The number of hydrogen-bond donors (Lipinski definition) is 0. The van der Waals surface area contributed by atoms with Gasteiger partial charge in [-0.25, -0.2) is 0 Å². The van der Waals surface area contributed by atoms with Crippen LogP contribution in [0.25, 0.3) is 0 Å². The maximum Gasteiger partial charge on any atom is 0.254 e. The number of nitrogens with zero attached hydrogens (tertiary/aromatic N) is 2. The fourth-order valence-electron chi connectivity index (χ4n) is 3.39. The third kappa shape index (κ3) is 3.00. The Hall–Kier alpha value is -2.40. The smallest absolute Gasteiger partial charge is 0.254 e. The summed E-state index contributed by atoms with van der Waals surface area (Å²) in [6.07, 6.45) is 0. The Labute approximate surface area is 151 Å². The van der Waals surface area contributed by atoms with E-state index in [1.54, 1.807) is 12.1 Å². The van der Waals surface area contributed by atoms with Gasteiger partial charge in [0.05, 0.1) is 5.02 Å². The zero-order valence-electron chi connectivity index (χ0n) is 13.9. The first-order valence-electron chi connectivity index (χ1n) is 8.33. The fourth-order valence-corrected chi connectivity index (χ4v) is 3.65. The molecule has 2 aliphatic heterocycles. The number of rotatable bonds is 2. The Morgan fingerprint density at radius 2 is 1.96 bits per heavy atom. The number of para-hydroxylation sites is 1. The number of anilines is 1. The molecular weight excluding hydrogens is 340 g/mol. The van der Waals surface area contributed by atoms with Crippen LogP contribution in [0.4, 0.5) is 5.69 Å². The molecule has 0 aromatic heterocycles. The van der Waals surface area contributed by atoms with Gasteiger partial charge in [0.1, 0.15) is 0 Å². The summed E-state index contributed by atoms with van der Waals surface area (Å²) in [5.74, 6) is 1.02. The first-order chi connectivity index (χ1) is 12.1. The lowest BCUT2D eigenvalue weighted by Crippen LogP contribution is -2.54. The van der Waals surface area contributed by atoms with Crippen molar-refractivity contribution >= 4 is 23.2 Å². The zero-order chi connectivity index (χ0) is 17.4. The van der Waals surface area contributed by atoms with Crippen LogP contribution in [0, 0.1) is 0 Å². The molecule has 0 spiro atoms. The minimum atomic E-state index is -0.0274. The minimum Gasteiger partial charge on any atom is -0.454 e. The lowest BCUT2D eigenvalue weighted by Gasteiger charge is -2.41. The molecule has 25 heavy (non-hydrogen) atoms. The normalized spacial score (nSPS) is 19.2. The van der Waals surface area contributed by atoms with Crippen LogP contribution in [0.2, 0.25) is 5.02 Å². The molecule has 0 aliphatic carbocycles. The van der Waals surface area contributed by atoms with E-state index in [9.17, 15) is 4.79 Å². The van der Waals surface area contributed by atoms with E-state index in [0.29, 0.717) is 28.6 Å². The van der Waals surface area contributed by atoms with Gasteiger partial charge in [0, 0.05) is 36.9 Å². The summed E-state index contributed by atoms with van der Waals surface area (Å²) in [4.78, 5) is 17.2. The SMILES string of the molecule is C[C@H]1CN(c2ccccc2)CCN1C(=O)c1cc(Cl)c2c(c1)OCO2. The Kier molecular flexibility index (Phi) is 4.17. The number of carbonyl (C=O) groups excluding carboxylic acids is 1. The molecule has 2 heterocycles. The van der Waals surface area contributed by atoms with Gasteiger partial charge in [-0.3, -0.25) is 4.79 Å². The van der Waals surface area contributed by atoms with E-state index in [1.807, 2.05) is 23.1 Å². The monoisotopic (exact) mass is 358 g/mol. The largest absolute Gasteiger partial charge is 0.454 e. The van der Waals surface area contributed by atoms with E-state index in [2.05, 4.69) is 24.0 Å². The Morgan fingerprint density at radius 1 is 1.16 bits per heavy atom. The topological polar surface area (TPSA) is 42.0 Å². The number of ether oxygens (including phenoxy) is 2. The predicted molar refractivity (Wildman–Crippen MR) is 96.7 cm³/mol. The summed E-state index contributed by atoms with van der Waals surface area (Å²) in [5, 5.41) is 0.411. The van der Waals surface area contributed by atoms with Crippen molar-refractivity contribution in [2.75, 3.05) is 31.3 Å². The lowest BCUT2D eigenvalue weighted by atomic mass is 10.1. The molecule has 1 fully saturated rings. The second-order valence-corrected chi connectivity index (χ2v) is 6.73. The van der Waals surface area contributed by atoms with Crippen molar-refractivity contribution in [3.8, 4) is 11.5 Å². The van der Waals surface area contributed by atoms with Crippen molar-refractivity contribution in [1.82, 2.24) is 4.90 Å². The number of benzene rings is 2. The Morgan fingerprint density at radius 3 is 2.72 bits per heavy atom. The van der Waals surface area contributed by atoms with Crippen molar-refractivity contribution in [1.29, 1.82) is 0 Å². The van der Waals surface area contributed by atoms with E-state index in [1.165, 1.54) is 5.69 Å². The first-order valence-corrected chi connectivity index (χ1v) is 8.71. The average Bonchev–Trinajstić information content (AvgIpc) is 3.11. The minimum absolute atomic E-state index is 0.0274. The highest BCUT2D eigenvalue weighted by Crippen LogP contribution is 2.40. The molecule has 2 aromatic carbocycles.